The molecule has 0 spiro atoms. The van der Waals surface area contributed by atoms with E-state index in [0.717, 1.165) is 15.0 Å². The lowest BCUT2D eigenvalue weighted by atomic mass is 9.88. The second-order valence-electron chi connectivity index (χ2n) is 3.01. The van der Waals surface area contributed by atoms with Crippen molar-refractivity contribution >= 4 is 26.3 Å². The highest BCUT2D eigenvalue weighted by Crippen LogP contribution is 2.09. The monoisotopic (exact) mass is 216 g/mol. The molecule has 0 aromatic rings. The molecule has 0 bridgehead atoms. The van der Waals surface area contributed by atoms with E-state index in [1.807, 2.05) is 0 Å². The first-order valence-corrected chi connectivity index (χ1v) is 4.58. The van der Waals surface area contributed by atoms with Crippen LogP contribution in [0.1, 0.15) is 0 Å². The SMILES string of the molecule is O=C1[B]OCC=C1N=NC1=CCO[B]C1=O. The van der Waals surface area contributed by atoms with Crippen LogP contribution in [0, 0.1) is 0 Å². The van der Waals surface area contributed by atoms with Gasteiger partial charge in [-0.1, -0.05) is 0 Å². The predicted molar refractivity (Wildman–Crippen MR) is 54.4 cm³/mol. The minimum absolute atomic E-state index is 0.173. The highest BCUT2D eigenvalue weighted by Gasteiger charge is 2.19. The molecule has 78 valence electrons. The Balaban J connectivity index is 2.08. The summed E-state index contributed by atoms with van der Waals surface area (Å²) in [7, 11) is 2.14. The van der Waals surface area contributed by atoms with Gasteiger partial charge in [0.1, 0.15) is 11.4 Å². The van der Waals surface area contributed by atoms with E-state index in [1.165, 1.54) is 12.2 Å². The van der Waals surface area contributed by atoms with Crippen molar-refractivity contribution in [3.63, 3.8) is 0 Å². The number of allylic oxidation sites excluding steroid dienone is 2. The molecule has 0 aromatic carbocycles. The molecule has 6 nitrogen and oxygen atoms in total. The van der Waals surface area contributed by atoms with E-state index in [9.17, 15) is 9.59 Å². The van der Waals surface area contributed by atoms with Gasteiger partial charge in [-0.05, 0) is 12.2 Å². The molecule has 0 aliphatic carbocycles. The predicted octanol–water partition coefficient (Wildman–Crippen LogP) is -0.442. The Morgan fingerprint density at radius 1 is 0.938 bits per heavy atom. The van der Waals surface area contributed by atoms with Crippen LogP contribution in [0.3, 0.4) is 0 Å². The van der Waals surface area contributed by atoms with Gasteiger partial charge in [-0.25, -0.2) is 0 Å². The molecular weight excluding hydrogens is 210 g/mol. The van der Waals surface area contributed by atoms with Crippen LogP contribution in [-0.2, 0) is 18.9 Å². The lowest BCUT2D eigenvalue weighted by Crippen LogP contribution is -2.21. The molecule has 0 aromatic heterocycles. The van der Waals surface area contributed by atoms with E-state index in [2.05, 4.69) is 10.2 Å². The summed E-state index contributed by atoms with van der Waals surface area (Å²) in [6, 6.07) is 0. The zero-order valence-corrected chi connectivity index (χ0v) is 8.25. The Bertz CT molecular complexity index is 378. The second-order valence-corrected chi connectivity index (χ2v) is 3.01. The Hall–Kier alpha value is -1.53. The van der Waals surface area contributed by atoms with Crippen molar-refractivity contribution in [2.75, 3.05) is 13.2 Å². The smallest absolute Gasteiger partial charge is 0.385 e. The molecule has 0 unspecified atom stereocenters. The van der Waals surface area contributed by atoms with Gasteiger partial charge in [0.25, 0.3) is 0 Å². The van der Waals surface area contributed by atoms with Crippen LogP contribution < -0.4 is 0 Å². The van der Waals surface area contributed by atoms with Crippen molar-refractivity contribution in [3.05, 3.63) is 23.5 Å². The van der Waals surface area contributed by atoms with Gasteiger partial charge in [-0.2, -0.15) is 0 Å². The number of nitrogens with zero attached hydrogens (tertiary/aromatic N) is 2. The molecule has 0 N–H and O–H groups in total. The summed E-state index contributed by atoms with van der Waals surface area (Å²) >= 11 is 0. The van der Waals surface area contributed by atoms with Crippen molar-refractivity contribution in [2.45, 2.75) is 0 Å². The first-order chi connectivity index (χ1) is 7.77. The summed E-state index contributed by atoms with van der Waals surface area (Å²) in [6.07, 6.45) is 3.00. The van der Waals surface area contributed by atoms with Gasteiger partial charge < -0.3 is 18.9 Å². The number of hydrogen-bond acceptors (Lipinski definition) is 6. The van der Waals surface area contributed by atoms with Crippen molar-refractivity contribution in [2.24, 2.45) is 10.2 Å². The summed E-state index contributed by atoms with van der Waals surface area (Å²) in [4.78, 5) is 22.4. The molecule has 0 saturated heterocycles. The standard InChI is InChI=1S/C8H6B2N2O4/c13-7-5(1-3-15-9-7)11-12-6-2-4-16-10-8(6)14/h1-2H,3-4H2. The molecule has 2 heterocycles. The average molecular weight is 216 g/mol. The number of hydrogen-bond donors (Lipinski definition) is 0. The normalized spacial score (nSPS) is 21.2. The fourth-order valence-corrected chi connectivity index (χ4v) is 1.11. The maximum atomic E-state index is 11.2. The Labute approximate surface area is 92.9 Å². The fraction of sp³-hybridized carbons (Fsp3) is 0.250. The van der Waals surface area contributed by atoms with Crippen LogP contribution in [-0.4, -0.2) is 39.5 Å². The van der Waals surface area contributed by atoms with Gasteiger partial charge in [0.15, 0.2) is 11.4 Å². The van der Waals surface area contributed by atoms with Crippen LogP contribution >= 0.6 is 0 Å². The van der Waals surface area contributed by atoms with Gasteiger partial charge in [-0.3, -0.25) is 0 Å². The Morgan fingerprint density at radius 2 is 1.38 bits per heavy atom. The number of azo groups is 1. The largest absolute Gasteiger partial charge is 0.428 e. The lowest BCUT2D eigenvalue weighted by Gasteiger charge is -2.08. The summed E-state index contributed by atoms with van der Waals surface area (Å²) in [5.41, 5.74) is -0.379. The number of carbonyl (C=O) groups is 2. The van der Waals surface area contributed by atoms with Gasteiger partial charge in [0.2, 0.25) is 0 Å². The highest BCUT2D eigenvalue weighted by atomic mass is 16.4. The minimum atomic E-state index is -0.362. The van der Waals surface area contributed by atoms with Crippen LogP contribution in [0.2, 0.25) is 0 Å². The van der Waals surface area contributed by atoms with E-state index in [-0.39, 0.29) is 36.0 Å². The summed E-state index contributed by atoms with van der Waals surface area (Å²) in [5.74, 6) is 0. The van der Waals surface area contributed by atoms with Crippen molar-refractivity contribution in [1.29, 1.82) is 0 Å². The topological polar surface area (TPSA) is 77.3 Å². The molecule has 8 heteroatoms. The second kappa shape index (κ2) is 5.00. The fourth-order valence-electron chi connectivity index (χ4n) is 1.11. The van der Waals surface area contributed by atoms with Crippen molar-refractivity contribution < 1.29 is 18.9 Å². The van der Waals surface area contributed by atoms with E-state index >= 15 is 0 Å². The zero-order chi connectivity index (χ0) is 11.4. The molecule has 16 heavy (non-hydrogen) atoms. The summed E-state index contributed by atoms with van der Waals surface area (Å²) in [5, 5.41) is 7.40. The van der Waals surface area contributed by atoms with Gasteiger partial charge >= 0.3 is 15.0 Å². The minimum Gasteiger partial charge on any atom is -0.428 e. The Kier molecular flexibility index (Phi) is 3.43. The Morgan fingerprint density at radius 3 is 1.75 bits per heavy atom. The molecule has 2 radical (unpaired) electrons. The number of rotatable bonds is 2. The molecule has 2 rings (SSSR count). The molecule has 2 aliphatic rings. The highest BCUT2D eigenvalue weighted by molar-refractivity contribution is 6.73. The van der Waals surface area contributed by atoms with Gasteiger partial charge in [0.05, 0.1) is 0 Å². The van der Waals surface area contributed by atoms with Crippen LogP contribution in [0.25, 0.3) is 0 Å². The van der Waals surface area contributed by atoms with Crippen molar-refractivity contribution in [1.82, 2.24) is 0 Å². The molecule has 0 saturated carbocycles. The van der Waals surface area contributed by atoms with E-state index < -0.39 is 0 Å². The van der Waals surface area contributed by atoms with E-state index in [4.69, 9.17) is 9.31 Å². The third-order valence-electron chi connectivity index (χ3n) is 1.90. The van der Waals surface area contributed by atoms with E-state index in [0.29, 0.717) is 0 Å². The van der Waals surface area contributed by atoms with Gasteiger partial charge in [-0.15, -0.1) is 10.2 Å². The summed E-state index contributed by atoms with van der Waals surface area (Å²) in [6.45, 7) is 0.560. The van der Waals surface area contributed by atoms with E-state index in [1.54, 1.807) is 0 Å². The van der Waals surface area contributed by atoms with Crippen LogP contribution in [0.4, 0.5) is 0 Å². The first kappa shape index (κ1) is 11.0. The molecule has 2 aliphatic heterocycles. The third kappa shape index (κ3) is 2.53. The maximum absolute atomic E-state index is 11.2. The first-order valence-electron chi connectivity index (χ1n) is 4.58. The van der Waals surface area contributed by atoms with Crippen LogP contribution in [0.5, 0.6) is 0 Å². The molecule has 0 atom stereocenters. The zero-order valence-electron chi connectivity index (χ0n) is 8.25. The lowest BCUT2D eigenvalue weighted by molar-refractivity contribution is -0.111. The molecule has 0 amide bonds. The maximum Gasteiger partial charge on any atom is 0.385 e. The van der Waals surface area contributed by atoms with Gasteiger partial charge in [0, 0.05) is 13.2 Å². The number of carbonyl (C=O) groups excluding carboxylic acids is 2. The van der Waals surface area contributed by atoms with Crippen molar-refractivity contribution in [3.8, 4) is 0 Å². The quantitative estimate of drug-likeness (QED) is 0.462. The average Bonchev–Trinajstić information content (AvgIpc) is 2.30. The molecular formula is C8H6B2N2O4. The molecule has 0 fully saturated rings. The van der Waals surface area contributed by atoms with Crippen LogP contribution in [0.15, 0.2) is 33.8 Å². The summed E-state index contributed by atoms with van der Waals surface area (Å²) < 4.78 is 9.53. The third-order valence-corrected chi connectivity index (χ3v) is 1.90.